The Labute approximate surface area is 142 Å². The van der Waals surface area contributed by atoms with E-state index in [4.69, 9.17) is 10.00 Å². The van der Waals surface area contributed by atoms with E-state index in [1.807, 2.05) is 6.07 Å². The number of halogens is 3. The zero-order valence-corrected chi connectivity index (χ0v) is 13.3. The highest BCUT2D eigenvalue weighted by molar-refractivity contribution is 5.80. The van der Waals surface area contributed by atoms with Crippen LogP contribution in [0.15, 0.2) is 48.5 Å². The Morgan fingerprint density at radius 2 is 1.92 bits per heavy atom. The summed E-state index contributed by atoms with van der Waals surface area (Å²) in [6.45, 7) is 1.49. The first kappa shape index (κ1) is 18.3. The minimum Gasteiger partial charge on any atom is -0.481 e. The third-order valence-corrected chi connectivity index (χ3v) is 3.39. The van der Waals surface area contributed by atoms with Gasteiger partial charge in [0.2, 0.25) is 0 Å². The predicted molar refractivity (Wildman–Crippen MR) is 84.5 cm³/mol. The number of nitrogens with one attached hydrogen (secondary N) is 1. The van der Waals surface area contributed by atoms with Gasteiger partial charge in [0.15, 0.2) is 6.10 Å². The maximum Gasteiger partial charge on any atom is 0.416 e. The monoisotopic (exact) mass is 348 g/mol. The molecule has 7 heteroatoms. The summed E-state index contributed by atoms with van der Waals surface area (Å²) in [6.07, 6.45) is -5.26. The molecule has 0 spiro atoms. The number of nitrogens with zero attached hydrogens (tertiary/aromatic N) is 1. The minimum absolute atomic E-state index is 0.0379. The fraction of sp³-hybridized carbons (Fsp3) is 0.222. The molecular formula is C18H15F3N2O2. The molecule has 130 valence electrons. The third kappa shape index (κ3) is 5.24. The minimum atomic E-state index is -4.42. The van der Waals surface area contributed by atoms with Crippen molar-refractivity contribution < 1.29 is 22.7 Å². The van der Waals surface area contributed by atoms with Crippen LogP contribution in [-0.2, 0) is 17.5 Å². The molecule has 1 N–H and O–H groups in total. The molecule has 0 heterocycles. The quantitative estimate of drug-likeness (QED) is 0.897. The van der Waals surface area contributed by atoms with Crippen molar-refractivity contribution in [1.82, 2.24) is 5.32 Å². The van der Waals surface area contributed by atoms with Gasteiger partial charge in [0.25, 0.3) is 5.91 Å². The van der Waals surface area contributed by atoms with Gasteiger partial charge < -0.3 is 10.1 Å². The number of hydrogen-bond donors (Lipinski definition) is 1. The molecule has 0 saturated carbocycles. The highest BCUT2D eigenvalue weighted by Crippen LogP contribution is 2.29. The standard InChI is InChI=1S/C18H15F3N2O2/c1-12(25-16-7-5-13(10-22)6-8-16)17(24)23-11-14-3-2-4-15(9-14)18(19,20)21/h2-9,12H,11H2,1H3,(H,23,24)/t12-/m1/s1. The molecule has 0 saturated heterocycles. The van der Waals surface area contributed by atoms with Gasteiger partial charge >= 0.3 is 6.18 Å². The van der Waals surface area contributed by atoms with Crippen LogP contribution in [0.4, 0.5) is 13.2 Å². The van der Waals surface area contributed by atoms with Gasteiger partial charge in [0, 0.05) is 6.54 Å². The Morgan fingerprint density at radius 1 is 1.24 bits per heavy atom. The van der Waals surface area contributed by atoms with Gasteiger partial charge in [0.05, 0.1) is 17.2 Å². The lowest BCUT2D eigenvalue weighted by Crippen LogP contribution is -2.35. The van der Waals surface area contributed by atoms with Crippen LogP contribution in [0.1, 0.15) is 23.6 Å². The molecule has 0 bridgehead atoms. The van der Waals surface area contributed by atoms with Gasteiger partial charge in [-0.05, 0) is 48.9 Å². The van der Waals surface area contributed by atoms with Gasteiger partial charge in [-0.1, -0.05) is 12.1 Å². The van der Waals surface area contributed by atoms with E-state index < -0.39 is 23.8 Å². The van der Waals surface area contributed by atoms with Crippen molar-refractivity contribution in [1.29, 1.82) is 5.26 Å². The molecule has 0 unspecified atom stereocenters. The largest absolute Gasteiger partial charge is 0.481 e. The summed E-state index contributed by atoms with van der Waals surface area (Å²) >= 11 is 0. The van der Waals surface area contributed by atoms with Crippen LogP contribution in [0.25, 0.3) is 0 Å². The second-order valence-electron chi connectivity index (χ2n) is 5.31. The molecule has 0 aliphatic heterocycles. The van der Waals surface area contributed by atoms with E-state index in [9.17, 15) is 18.0 Å². The summed E-state index contributed by atoms with van der Waals surface area (Å²) in [5.74, 6) is -0.0394. The average Bonchev–Trinajstić information content (AvgIpc) is 2.59. The second kappa shape index (κ2) is 7.71. The number of amides is 1. The first-order valence-corrected chi connectivity index (χ1v) is 7.40. The molecule has 1 atom stereocenters. The van der Waals surface area contributed by atoms with Gasteiger partial charge in [0.1, 0.15) is 5.75 Å². The van der Waals surface area contributed by atoms with Gasteiger partial charge in [-0.25, -0.2) is 0 Å². The topological polar surface area (TPSA) is 62.1 Å². The zero-order chi connectivity index (χ0) is 18.4. The van der Waals surface area contributed by atoms with Crippen LogP contribution in [0.5, 0.6) is 5.75 Å². The molecule has 0 aromatic heterocycles. The molecular weight excluding hydrogens is 333 g/mol. The molecule has 0 aliphatic rings. The summed E-state index contributed by atoms with van der Waals surface area (Å²) in [5, 5.41) is 11.3. The molecule has 0 aliphatic carbocycles. The lowest BCUT2D eigenvalue weighted by atomic mass is 10.1. The van der Waals surface area contributed by atoms with Crippen molar-refractivity contribution in [2.45, 2.75) is 25.7 Å². The molecule has 2 rings (SSSR count). The Hall–Kier alpha value is -3.01. The number of rotatable bonds is 5. The molecule has 25 heavy (non-hydrogen) atoms. The van der Waals surface area contributed by atoms with Crippen molar-refractivity contribution in [2.24, 2.45) is 0 Å². The van der Waals surface area contributed by atoms with E-state index in [1.165, 1.54) is 19.1 Å². The molecule has 2 aromatic rings. The van der Waals surface area contributed by atoms with E-state index in [1.54, 1.807) is 24.3 Å². The summed E-state index contributed by atoms with van der Waals surface area (Å²) in [4.78, 5) is 12.0. The Kier molecular flexibility index (Phi) is 5.65. The van der Waals surface area contributed by atoms with Crippen LogP contribution in [0, 0.1) is 11.3 Å². The first-order chi connectivity index (χ1) is 11.8. The van der Waals surface area contributed by atoms with Crippen LogP contribution in [-0.4, -0.2) is 12.0 Å². The van der Waals surface area contributed by atoms with E-state index in [-0.39, 0.29) is 6.54 Å². The Bertz CT molecular complexity index is 780. The number of benzene rings is 2. The van der Waals surface area contributed by atoms with Crippen LogP contribution in [0.2, 0.25) is 0 Å². The highest BCUT2D eigenvalue weighted by atomic mass is 19.4. The van der Waals surface area contributed by atoms with Gasteiger partial charge in [-0.3, -0.25) is 4.79 Å². The average molecular weight is 348 g/mol. The number of ether oxygens (including phenoxy) is 1. The molecule has 0 radical (unpaired) electrons. The SMILES string of the molecule is C[C@@H](Oc1ccc(C#N)cc1)C(=O)NCc1cccc(C(F)(F)F)c1. The summed E-state index contributed by atoms with van der Waals surface area (Å²) in [6, 6.07) is 13.0. The van der Waals surface area contributed by atoms with Crippen LogP contribution >= 0.6 is 0 Å². The number of nitriles is 1. The third-order valence-electron chi connectivity index (χ3n) is 3.39. The van der Waals surface area contributed by atoms with Crippen LogP contribution in [0.3, 0.4) is 0 Å². The van der Waals surface area contributed by atoms with E-state index >= 15 is 0 Å². The van der Waals surface area contributed by atoms with Crippen molar-refractivity contribution in [3.05, 3.63) is 65.2 Å². The van der Waals surface area contributed by atoms with Gasteiger partial charge in [-0.2, -0.15) is 18.4 Å². The number of carbonyl (C=O) groups excluding carboxylic acids is 1. The maximum absolute atomic E-state index is 12.7. The van der Waals surface area contributed by atoms with Crippen molar-refractivity contribution in [3.8, 4) is 11.8 Å². The summed E-state index contributed by atoms with van der Waals surface area (Å²) in [5.41, 5.74) is 0.0453. The summed E-state index contributed by atoms with van der Waals surface area (Å²) < 4.78 is 43.4. The van der Waals surface area contributed by atoms with E-state index in [2.05, 4.69) is 5.32 Å². The first-order valence-electron chi connectivity index (χ1n) is 7.40. The van der Waals surface area contributed by atoms with Gasteiger partial charge in [-0.15, -0.1) is 0 Å². The highest BCUT2D eigenvalue weighted by Gasteiger charge is 2.30. The Morgan fingerprint density at radius 3 is 2.52 bits per heavy atom. The smallest absolute Gasteiger partial charge is 0.416 e. The summed E-state index contributed by atoms with van der Waals surface area (Å²) in [7, 11) is 0. The van der Waals surface area contributed by atoms with E-state index in [0.717, 1.165) is 12.1 Å². The number of carbonyl (C=O) groups is 1. The fourth-order valence-corrected chi connectivity index (χ4v) is 2.06. The molecule has 4 nitrogen and oxygen atoms in total. The molecule has 1 amide bonds. The molecule has 0 fully saturated rings. The lowest BCUT2D eigenvalue weighted by molar-refractivity contribution is -0.137. The fourth-order valence-electron chi connectivity index (χ4n) is 2.06. The predicted octanol–water partition coefficient (Wildman–Crippen LogP) is 3.66. The van der Waals surface area contributed by atoms with Crippen molar-refractivity contribution in [3.63, 3.8) is 0 Å². The zero-order valence-electron chi connectivity index (χ0n) is 13.3. The second-order valence-corrected chi connectivity index (χ2v) is 5.31. The van der Waals surface area contributed by atoms with Crippen molar-refractivity contribution in [2.75, 3.05) is 0 Å². The van der Waals surface area contributed by atoms with Crippen LogP contribution < -0.4 is 10.1 Å². The van der Waals surface area contributed by atoms with E-state index in [0.29, 0.717) is 16.9 Å². The normalized spacial score (nSPS) is 12.1. The number of hydrogen-bond acceptors (Lipinski definition) is 3. The number of alkyl halides is 3. The maximum atomic E-state index is 12.7. The lowest BCUT2D eigenvalue weighted by Gasteiger charge is -2.15. The van der Waals surface area contributed by atoms with Crippen molar-refractivity contribution >= 4 is 5.91 Å². The molecule has 2 aromatic carbocycles. The Balaban J connectivity index is 1.92.